The van der Waals surface area contributed by atoms with Crippen molar-refractivity contribution < 1.29 is 4.79 Å². The number of anilines is 1. The summed E-state index contributed by atoms with van der Waals surface area (Å²) in [6, 6.07) is 5.26. The molecule has 4 heteroatoms. The van der Waals surface area contributed by atoms with E-state index in [0.717, 1.165) is 18.7 Å². The highest BCUT2D eigenvalue weighted by Gasteiger charge is 2.07. The molecular weight excluding hydrogens is 226 g/mol. The van der Waals surface area contributed by atoms with Gasteiger partial charge in [0.15, 0.2) is 0 Å². The Balaban J connectivity index is 2.59. The largest absolute Gasteiger partial charge is 0.398 e. The van der Waals surface area contributed by atoms with Gasteiger partial charge >= 0.3 is 0 Å². The van der Waals surface area contributed by atoms with E-state index in [2.05, 4.69) is 18.9 Å². The molecule has 1 rings (SSSR count). The minimum absolute atomic E-state index is 0.440. The molecular formula is C14H23N3O. The lowest BCUT2D eigenvalue weighted by Crippen LogP contribution is -2.20. The van der Waals surface area contributed by atoms with Crippen LogP contribution in [0.4, 0.5) is 5.69 Å². The second-order valence-corrected chi connectivity index (χ2v) is 4.72. The number of primary amides is 1. The second kappa shape index (κ2) is 7.01. The van der Waals surface area contributed by atoms with E-state index in [1.165, 1.54) is 19.3 Å². The molecule has 1 amide bonds. The molecule has 4 nitrogen and oxygen atoms in total. The van der Waals surface area contributed by atoms with Gasteiger partial charge in [-0.05, 0) is 37.7 Å². The van der Waals surface area contributed by atoms with Gasteiger partial charge in [-0.2, -0.15) is 0 Å². The minimum atomic E-state index is -0.440. The van der Waals surface area contributed by atoms with Crippen molar-refractivity contribution in [1.29, 1.82) is 0 Å². The lowest BCUT2D eigenvalue weighted by molar-refractivity contribution is 0.100. The molecule has 0 aromatic heterocycles. The van der Waals surface area contributed by atoms with Gasteiger partial charge < -0.3 is 16.4 Å². The quantitative estimate of drug-likeness (QED) is 0.573. The maximum absolute atomic E-state index is 11.0. The van der Waals surface area contributed by atoms with E-state index >= 15 is 0 Å². The number of nitrogen functional groups attached to an aromatic ring is 1. The van der Waals surface area contributed by atoms with Gasteiger partial charge in [0.2, 0.25) is 5.91 Å². The molecule has 1 aromatic carbocycles. The summed E-state index contributed by atoms with van der Waals surface area (Å²) in [5.41, 5.74) is 13.3. The van der Waals surface area contributed by atoms with E-state index in [9.17, 15) is 4.79 Å². The third-order valence-electron chi connectivity index (χ3n) is 3.01. The van der Waals surface area contributed by atoms with Gasteiger partial charge in [-0.25, -0.2) is 0 Å². The van der Waals surface area contributed by atoms with Crippen LogP contribution in [-0.2, 0) is 6.54 Å². The monoisotopic (exact) mass is 249 g/mol. The summed E-state index contributed by atoms with van der Waals surface area (Å²) < 4.78 is 0. The van der Waals surface area contributed by atoms with Gasteiger partial charge in [-0.3, -0.25) is 4.79 Å². The second-order valence-electron chi connectivity index (χ2n) is 4.72. The predicted octanol–water partition coefficient (Wildman–Crippen LogP) is 1.99. The third kappa shape index (κ3) is 4.37. The number of nitrogens with zero attached hydrogens (tertiary/aromatic N) is 1. The molecule has 18 heavy (non-hydrogen) atoms. The molecule has 0 saturated carbocycles. The summed E-state index contributed by atoms with van der Waals surface area (Å²) in [5, 5.41) is 0. The highest BCUT2D eigenvalue weighted by Crippen LogP contribution is 2.16. The van der Waals surface area contributed by atoms with E-state index in [4.69, 9.17) is 11.5 Å². The Labute approximate surface area is 109 Å². The van der Waals surface area contributed by atoms with E-state index in [1.54, 1.807) is 12.1 Å². The van der Waals surface area contributed by atoms with Crippen LogP contribution in [0.3, 0.4) is 0 Å². The molecule has 0 fully saturated rings. The normalized spacial score (nSPS) is 10.8. The molecule has 4 N–H and O–H groups in total. The number of amides is 1. The first-order chi connectivity index (χ1) is 8.54. The van der Waals surface area contributed by atoms with Crippen molar-refractivity contribution in [3.8, 4) is 0 Å². The Hall–Kier alpha value is -1.55. The zero-order valence-electron chi connectivity index (χ0n) is 11.3. The minimum Gasteiger partial charge on any atom is -0.398 e. The van der Waals surface area contributed by atoms with Crippen LogP contribution in [0.15, 0.2) is 18.2 Å². The molecule has 100 valence electrons. The number of unbranched alkanes of at least 4 members (excludes halogenated alkanes) is 2. The Bertz CT molecular complexity index is 404. The predicted molar refractivity (Wildman–Crippen MR) is 75.2 cm³/mol. The van der Waals surface area contributed by atoms with Crippen molar-refractivity contribution in [1.82, 2.24) is 4.90 Å². The fourth-order valence-corrected chi connectivity index (χ4v) is 1.89. The Morgan fingerprint density at radius 3 is 2.61 bits per heavy atom. The molecule has 0 bridgehead atoms. The number of nitrogens with two attached hydrogens (primary N) is 2. The molecule has 0 atom stereocenters. The smallest absolute Gasteiger partial charge is 0.248 e. The summed E-state index contributed by atoms with van der Waals surface area (Å²) in [4.78, 5) is 13.3. The number of hydrogen-bond acceptors (Lipinski definition) is 3. The third-order valence-corrected chi connectivity index (χ3v) is 3.01. The van der Waals surface area contributed by atoms with Crippen LogP contribution in [0, 0.1) is 0 Å². The van der Waals surface area contributed by atoms with Gasteiger partial charge in [0.1, 0.15) is 0 Å². The Kier molecular flexibility index (Phi) is 5.65. The summed E-state index contributed by atoms with van der Waals surface area (Å²) in [7, 11) is 2.08. The van der Waals surface area contributed by atoms with E-state index in [0.29, 0.717) is 11.3 Å². The maximum atomic E-state index is 11.0. The molecule has 0 radical (unpaired) electrons. The summed E-state index contributed by atoms with van der Waals surface area (Å²) in [6.45, 7) is 4.06. The molecule has 1 aromatic rings. The maximum Gasteiger partial charge on any atom is 0.248 e. The first-order valence-electron chi connectivity index (χ1n) is 6.41. The number of benzene rings is 1. The zero-order valence-corrected chi connectivity index (χ0v) is 11.3. The topological polar surface area (TPSA) is 72.3 Å². The van der Waals surface area contributed by atoms with E-state index < -0.39 is 5.91 Å². The molecule has 0 aliphatic heterocycles. The standard InChI is InChI=1S/C14H23N3O/c1-3-4-5-8-17(2)10-12-7-6-11(14(16)18)9-13(12)15/h6-7,9H,3-5,8,10,15H2,1-2H3,(H2,16,18). The molecule has 0 aliphatic carbocycles. The number of carbonyl (C=O) groups is 1. The molecule has 0 heterocycles. The first kappa shape index (κ1) is 14.5. The average Bonchev–Trinajstić information content (AvgIpc) is 2.32. The fraction of sp³-hybridized carbons (Fsp3) is 0.500. The van der Waals surface area contributed by atoms with Crippen molar-refractivity contribution in [2.45, 2.75) is 32.7 Å². The van der Waals surface area contributed by atoms with E-state index in [-0.39, 0.29) is 0 Å². The fourth-order valence-electron chi connectivity index (χ4n) is 1.89. The summed E-state index contributed by atoms with van der Waals surface area (Å²) in [6.07, 6.45) is 3.68. The van der Waals surface area contributed by atoms with Gasteiger partial charge in [-0.15, -0.1) is 0 Å². The summed E-state index contributed by atoms with van der Waals surface area (Å²) >= 11 is 0. The van der Waals surface area contributed by atoms with Crippen LogP contribution in [0.1, 0.15) is 42.1 Å². The van der Waals surface area contributed by atoms with Gasteiger partial charge in [0.25, 0.3) is 0 Å². The van der Waals surface area contributed by atoms with Crippen molar-refractivity contribution in [2.75, 3.05) is 19.3 Å². The van der Waals surface area contributed by atoms with Crippen LogP contribution >= 0.6 is 0 Å². The lowest BCUT2D eigenvalue weighted by atomic mass is 10.1. The van der Waals surface area contributed by atoms with Crippen LogP contribution in [-0.4, -0.2) is 24.4 Å². The number of carbonyl (C=O) groups excluding carboxylic acids is 1. The lowest BCUT2D eigenvalue weighted by Gasteiger charge is -2.17. The van der Waals surface area contributed by atoms with E-state index in [1.807, 2.05) is 6.07 Å². The molecule has 0 spiro atoms. The zero-order chi connectivity index (χ0) is 13.5. The Morgan fingerprint density at radius 2 is 2.06 bits per heavy atom. The van der Waals surface area contributed by atoms with Crippen molar-refractivity contribution in [2.24, 2.45) is 5.73 Å². The average molecular weight is 249 g/mol. The van der Waals surface area contributed by atoms with Crippen molar-refractivity contribution in [3.05, 3.63) is 29.3 Å². The van der Waals surface area contributed by atoms with Crippen LogP contribution in [0.25, 0.3) is 0 Å². The van der Waals surface area contributed by atoms with Crippen LogP contribution < -0.4 is 11.5 Å². The highest BCUT2D eigenvalue weighted by atomic mass is 16.1. The Morgan fingerprint density at radius 1 is 1.33 bits per heavy atom. The first-order valence-corrected chi connectivity index (χ1v) is 6.41. The van der Waals surface area contributed by atoms with Crippen molar-refractivity contribution in [3.63, 3.8) is 0 Å². The molecule has 0 saturated heterocycles. The molecule has 0 aliphatic rings. The highest BCUT2D eigenvalue weighted by molar-refractivity contribution is 5.93. The van der Waals surface area contributed by atoms with Crippen LogP contribution in [0.2, 0.25) is 0 Å². The SMILES string of the molecule is CCCCCN(C)Cc1ccc(C(N)=O)cc1N. The van der Waals surface area contributed by atoms with Gasteiger partial charge in [-0.1, -0.05) is 25.8 Å². The van der Waals surface area contributed by atoms with Crippen molar-refractivity contribution >= 4 is 11.6 Å². The number of rotatable bonds is 7. The van der Waals surface area contributed by atoms with Gasteiger partial charge in [0, 0.05) is 17.8 Å². The number of hydrogen-bond donors (Lipinski definition) is 2. The summed E-state index contributed by atoms with van der Waals surface area (Å²) in [5.74, 6) is -0.440. The molecule has 0 unspecified atom stereocenters. The van der Waals surface area contributed by atoms with Crippen LogP contribution in [0.5, 0.6) is 0 Å². The van der Waals surface area contributed by atoms with Gasteiger partial charge in [0.05, 0.1) is 0 Å².